The highest BCUT2D eigenvalue weighted by Gasteiger charge is 2.12. The molecule has 3 rings (SSSR count). The van der Waals surface area contributed by atoms with Gasteiger partial charge in [-0.3, -0.25) is 4.79 Å². The number of amides is 1. The van der Waals surface area contributed by atoms with Gasteiger partial charge in [0.25, 0.3) is 5.91 Å². The second-order valence-electron chi connectivity index (χ2n) is 7.94. The Morgan fingerprint density at radius 2 is 1.55 bits per heavy atom. The number of benzene rings is 3. The number of para-hydroxylation sites is 2. The SMILES string of the molecule is CCCCCCOc1ccc(C(=O)Nc2ccccc2OCCCc2ccccc2)cc1Br. The summed E-state index contributed by atoms with van der Waals surface area (Å²) in [6.45, 7) is 3.45. The van der Waals surface area contributed by atoms with Crippen molar-refractivity contribution in [2.24, 2.45) is 0 Å². The first kappa shape index (κ1) is 24.8. The summed E-state index contributed by atoms with van der Waals surface area (Å²) in [7, 11) is 0. The van der Waals surface area contributed by atoms with E-state index in [1.54, 1.807) is 12.1 Å². The summed E-state index contributed by atoms with van der Waals surface area (Å²) >= 11 is 3.53. The van der Waals surface area contributed by atoms with Crippen LogP contribution in [-0.4, -0.2) is 19.1 Å². The molecule has 0 saturated carbocycles. The Hall–Kier alpha value is -2.79. The third-order valence-electron chi connectivity index (χ3n) is 5.29. The molecule has 0 aliphatic heterocycles. The smallest absolute Gasteiger partial charge is 0.255 e. The molecule has 4 nitrogen and oxygen atoms in total. The maximum Gasteiger partial charge on any atom is 0.255 e. The van der Waals surface area contributed by atoms with Gasteiger partial charge < -0.3 is 14.8 Å². The van der Waals surface area contributed by atoms with Gasteiger partial charge in [-0.05, 0) is 71.1 Å². The monoisotopic (exact) mass is 509 g/mol. The number of anilines is 1. The molecule has 3 aromatic rings. The number of nitrogens with one attached hydrogen (secondary N) is 1. The van der Waals surface area contributed by atoms with E-state index in [9.17, 15) is 4.79 Å². The lowest BCUT2D eigenvalue weighted by molar-refractivity contribution is 0.102. The molecule has 0 aliphatic carbocycles. The van der Waals surface area contributed by atoms with Gasteiger partial charge in [0.15, 0.2) is 0 Å². The van der Waals surface area contributed by atoms with Gasteiger partial charge in [0.05, 0.1) is 23.4 Å². The second kappa shape index (κ2) is 13.7. The average molecular weight is 510 g/mol. The van der Waals surface area contributed by atoms with Crippen LogP contribution in [0.2, 0.25) is 0 Å². The fourth-order valence-corrected chi connectivity index (χ4v) is 3.96. The molecule has 3 aromatic carbocycles. The minimum absolute atomic E-state index is 0.189. The van der Waals surface area contributed by atoms with Gasteiger partial charge in [0.2, 0.25) is 0 Å². The van der Waals surface area contributed by atoms with Crippen molar-refractivity contribution in [3.05, 3.63) is 88.4 Å². The average Bonchev–Trinajstić information content (AvgIpc) is 2.84. The van der Waals surface area contributed by atoms with Crippen molar-refractivity contribution in [1.29, 1.82) is 0 Å². The van der Waals surface area contributed by atoms with Crippen LogP contribution in [0.3, 0.4) is 0 Å². The van der Waals surface area contributed by atoms with E-state index in [0.29, 0.717) is 30.2 Å². The van der Waals surface area contributed by atoms with Crippen molar-refractivity contribution >= 4 is 27.5 Å². The standard InChI is InChI=1S/C28H32BrNO3/c1-2-3-4-10-19-32-26-18-17-23(21-24(26)29)28(31)30-25-15-8-9-16-27(25)33-20-11-14-22-12-6-5-7-13-22/h5-9,12-13,15-18,21H,2-4,10-11,14,19-20H2,1H3,(H,30,31). The van der Waals surface area contributed by atoms with E-state index in [4.69, 9.17) is 9.47 Å². The third kappa shape index (κ3) is 8.25. The summed E-state index contributed by atoms with van der Waals surface area (Å²) in [4.78, 5) is 12.8. The van der Waals surface area contributed by atoms with Gasteiger partial charge in [-0.15, -0.1) is 0 Å². The molecule has 0 heterocycles. The van der Waals surface area contributed by atoms with Crippen LogP contribution in [-0.2, 0) is 6.42 Å². The van der Waals surface area contributed by atoms with Crippen LogP contribution in [0.4, 0.5) is 5.69 Å². The van der Waals surface area contributed by atoms with Crippen LogP contribution in [0.1, 0.15) is 54.9 Å². The molecular weight excluding hydrogens is 478 g/mol. The second-order valence-corrected chi connectivity index (χ2v) is 8.80. The lowest BCUT2D eigenvalue weighted by Crippen LogP contribution is -2.13. The Kier molecular flexibility index (Phi) is 10.3. The highest BCUT2D eigenvalue weighted by Crippen LogP contribution is 2.28. The number of aryl methyl sites for hydroxylation is 1. The number of unbranched alkanes of at least 4 members (excludes halogenated alkanes) is 3. The molecule has 1 N–H and O–H groups in total. The number of carbonyl (C=O) groups is 1. The number of ether oxygens (including phenoxy) is 2. The van der Waals surface area contributed by atoms with E-state index >= 15 is 0 Å². The molecule has 0 fully saturated rings. The van der Waals surface area contributed by atoms with Crippen molar-refractivity contribution in [1.82, 2.24) is 0 Å². The van der Waals surface area contributed by atoms with Crippen LogP contribution in [0.25, 0.3) is 0 Å². The Balaban J connectivity index is 1.52. The summed E-state index contributed by atoms with van der Waals surface area (Å²) in [5, 5.41) is 2.97. The normalized spacial score (nSPS) is 10.6. The van der Waals surface area contributed by atoms with Crippen LogP contribution in [0.15, 0.2) is 77.3 Å². The fraction of sp³-hybridized carbons (Fsp3) is 0.321. The first-order chi connectivity index (χ1) is 16.2. The lowest BCUT2D eigenvalue weighted by Gasteiger charge is -2.13. The molecule has 0 atom stereocenters. The largest absolute Gasteiger partial charge is 0.492 e. The molecule has 0 radical (unpaired) electrons. The Morgan fingerprint density at radius 1 is 0.818 bits per heavy atom. The van der Waals surface area contributed by atoms with Crippen molar-refractivity contribution in [3.63, 3.8) is 0 Å². The van der Waals surface area contributed by atoms with E-state index in [0.717, 1.165) is 29.5 Å². The molecule has 0 bridgehead atoms. The molecule has 1 amide bonds. The summed E-state index contributed by atoms with van der Waals surface area (Å²) in [5.41, 5.74) is 2.51. The van der Waals surface area contributed by atoms with Crippen molar-refractivity contribution in [2.75, 3.05) is 18.5 Å². The van der Waals surface area contributed by atoms with E-state index in [2.05, 4.69) is 40.3 Å². The van der Waals surface area contributed by atoms with Crippen molar-refractivity contribution in [3.8, 4) is 11.5 Å². The number of rotatable bonds is 13. The minimum Gasteiger partial charge on any atom is -0.492 e. The number of halogens is 1. The van der Waals surface area contributed by atoms with Crippen LogP contribution >= 0.6 is 15.9 Å². The summed E-state index contributed by atoms with van der Waals surface area (Å²) in [6, 6.07) is 23.3. The van der Waals surface area contributed by atoms with Crippen LogP contribution in [0.5, 0.6) is 11.5 Å². The Labute approximate surface area is 205 Å². The Bertz CT molecular complexity index is 1010. The minimum atomic E-state index is -0.189. The van der Waals surface area contributed by atoms with Gasteiger partial charge in [0.1, 0.15) is 11.5 Å². The quantitative estimate of drug-likeness (QED) is 0.240. The first-order valence-corrected chi connectivity index (χ1v) is 12.5. The van der Waals surface area contributed by atoms with Gasteiger partial charge >= 0.3 is 0 Å². The number of hydrogen-bond donors (Lipinski definition) is 1. The highest BCUT2D eigenvalue weighted by atomic mass is 79.9. The first-order valence-electron chi connectivity index (χ1n) is 11.7. The zero-order valence-corrected chi connectivity index (χ0v) is 20.8. The van der Waals surface area contributed by atoms with Gasteiger partial charge in [-0.1, -0.05) is 68.7 Å². The van der Waals surface area contributed by atoms with Gasteiger partial charge in [-0.25, -0.2) is 0 Å². The van der Waals surface area contributed by atoms with E-state index < -0.39 is 0 Å². The molecule has 5 heteroatoms. The molecule has 33 heavy (non-hydrogen) atoms. The molecule has 0 saturated heterocycles. The highest BCUT2D eigenvalue weighted by molar-refractivity contribution is 9.10. The molecule has 0 spiro atoms. The van der Waals surface area contributed by atoms with E-state index in [1.165, 1.54) is 24.8 Å². The van der Waals surface area contributed by atoms with Crippen molar-refractivity contribution < 1.29 is 14.3 Å². The number of hydrogen-bond acceptors (Lipinski definition) is 3. The predicted octanol–water partition coefficient (Wildman–Crippen LogP) is 7.67. The third-order valence-corrected chi connectivity index (χ3v) is 5.91. The topological polar surface area (TPSA) is 47.6 Å². The maximum atomic E-state index is 12.8. The lowest BCUT2D eigenvalue weighted by atomic mass is 10.1. The zero-order chi connectivity index (χ0) is 23.3. The van der Waals surface area contributed by atoms with Gasteiger partial charge in [0, 0.05) is 5.56 Å². The molecule has 0 unspecified atom stereocenters. The Morgan fingerprint density at radius 3 is 2.33 bits per heavy atom. The molecule has 0 aromatic heterocycles. The van der Waals surface area contributed by atoms with Crippen molar-refractivity contribution in [2.45, 2.75) is 45.4 Å². The summed E-state index contributed by atoms with van der Waals surface area (Å²) in [5.74, 6) is 1.24. The van der Waals surface area contributed by atoms with Crippen LogP contribution in [0, 0.1) is 0 Å². The maximum absolute atomic E-state index is 12.8. The van der Waals surface area contributed by atoms with E-state index in [1.807, 2.05) is 48.5 Å². The molecule has 174 valence electrons. The summed E-state index contributed by atoms with van der Waals surface area (Å²) < 4.78 is 12.6. The zero-order valence-electron chi connectivity index (χ0n) is 19.2. The fourth-order valence-electron chi connectivity index (χ4n) is 3.46. The predicted molar refractivity (Wildman–Crippen MR) is 138 cm³/mol. The molecule has 0 aliphatic rings. The van der Waals surface area contributed by atoms with Gasteiger partial charge in [-0.2, -0.15) is 0 Å². The summed E-state index contributed by atoms with van der Waals surface area (Å²) in [6.07, 6.45) is 6.49. The molecular formula is C28H32BrNO3. The van der Waals surface area contributed by atoms with E-state index in [-0.39, 0.29) is 5.91 Å². The number of carbonyl (C=O) groups excluding carboxylic acids is 1. The van der Waals surface area contributed by atoms with Crippen LogP contribution < -0.4 is 14.8 Å².